The molecule has 6 heteroatoms. The summed E-state index contributed by atoms with van der Waals surface area (Å²) in [7, 11) is -3.42. The van der Waals surface area contributed by atoms with Crippen molar-refractivity contribution >= 4 is 60.7 Å². The third-order valence-electron chi connectivity index (χ3n) is 3.26. The van der Waals surface area contributed by atoms with E-state index in [0.717, 1.165) is 20.0 Å². The van der Waals surface area contributed by atoms with Crippen molar-refractivity contribution in [1.29, 1.82) is 0 Å². The Kier molecular flexibility index (Phi) is 3.39. The van der Waals surface area contributed by atoms with E-state index in [2.05, 4.69) is 22.6 Å². The van der Waals surface area contributed by atoms with Gasteiger partial charge < -0.3 is 0 Å². The molecule has 3 nitrogen and oxygen atoms in total. The fourth-order valence-corrected chi connectivity index (χ4v) is 4.92. The summed E-state index contributed by atoms with van der Waals surface area (Å²) in [6.07, 6.45) is 0.641. The molecule has 1 aliphatic heterocycles. The summed E-state index contributed by atoms with van der Waals surface area (Å²) in [5.41, 5.74) is 0.774. The predicted molar refractivity (Wildman–Crippen MR) is 86.5 cm³/mol. The molecule has 0 unspecified atom stereocenters. The molecule has 0 aliphatic carbocycles. The number of hydrogen-bond acceptors (Lipinski definition) is 2. The molecule has 0 N–H and O–H groups in total. The van der Waals surface area contributed by atoms with Crippen LogP contribution in [0.1, 0.15) is 6.42 Å². The van der Waals surface area contributed by atoms with Crippen molar-refractivity contribution in [3.63, 3.8) is 0 Å². The molecule has 1 heterocycles. The highest BCUT2D eigenvalue weighted by Gasteiger charge is 2.35. The molecule has 1 aliphatic rings. The molecule has 0 bridgehead atoms. The maximum absolute atomic E-state index is 12.6. The van der Waals surface area contributed by atoms with Crippen molar-refractivity contribution in [2.45, 2.75) is 11.3 Å². The van der Waals surface area contributed by atoms with Crippen LogP contribution in [0.5, 0.6) is 0 Å². The van der Waals surface area contributed by atoms with Gasteiger partial charge in [-0.3, -0.25) is 4.31 Å². The largest absolute Gasteiger partial charge is 0.266 e. The highest BCUT2D eigenvalue weighted by Crippen LogP contribution is 2.43. The molecule has 2 aromatic rings. The highest BCUT2D eigenvalue weighted by atomic mass is 127. The molecule has 0 fully saturated rings. The van der Waals surface area contributed by atoms with Crippen LogP contribution < -0.4 is 4.31 Å². The SMILES string of the molecule is O=S1(=O)c2cccc3c(I)ccc(c23)N1CCCCl. The summed E-state index contributed by atoms with van der Waals surface area (Å²) < 4.78 is 27.7. The summed E-state index contributed by atoms with van der Waals surface area (Å²) in [5.74, 6) is 0.454. The number of alkyl halides is 1. The lowest BCUT2D eigenvalue weighted by Crippen LogP contribution is -2.28. The Morgan fingerprint density at radius 1 is 1.21 bits per heavy atom. The maximum Gasteiger partial charge on any atom is 0.265 e. The lowest BCUT2D eigenvalue weighted by atomic mass is 10.1. The average molecular weight is 408 g/mol. The van der Waals surface area contributed by atoms with E-state index in [9.17, 15) is 8.42 Å². The van der Waals surface area contributed by atoms with Gasteiger partial charge in [0.25, 0.3) is 10.0 Å². The number of halogens is 2. The first-order chi connectivity index (χ1) is 9.07. The van der Waals surface area contributed by atoms with Crippen LogP contribution in [0.3, 0.4) is 0 Å². The third kappa shape index (κ3) is 1.94. The Bertz CT molecular complexity index is 761. The smallest absolute Gasteiger partial charge is 0.265 e. The summed E-state index contributed by atoms with van der Waals surface area (Å²) in [6.45, 7) is 0.427. The van der Waals surface area contributed by atoms with Gasteiger partial charge in [0.2, 0.25) is 0 Å². The van der Waals surface area contributed by atoms with Crippen molar-refractivity contribution in [2.24, 2.45) is 0 Å². The van der Waals surface area contributed by atoms with Gasteiger partial charge in [-0.15, -0.1) is 11.6 Å². The zero-order valence-corrected chi connectivity index (χ0v) is 13.7. The zero-order valence-electron chi connectivity index (χ0n) is 9.94. The van der Waals surface area contributed by atoms with Crippen molar-refractivity contribution in [3.8, 4) is 0 Å². The Balaban J connectivity index is 2.31. The number of rotatable bonds is 3. The molecule has 0 spiro atoms. The van der Waals surface area contributed by atoms with Crippen LogP contribution in [0.25, 0.3) is 10.8 Å². The van der Waals surface area contributed by atoms with E-state index >= 15 is 0 Å². The van der Waals surface area contributed by atoms with Crippen molar-refractivity contribution in [2.75, 3.05) is 16.7 Å². The normalized spacial score (nSPS) is 16.2. The summed E-state index contributed by atoms with van der Waals surface area (Å²) in [4.78, 5) is 0.410. The lowest BCUT2D eigenvalue weighted by Gasteiger charge is -2.18. The minimum absolute atomic E-state index is 0.410. The number of hydrogen-bond donors (Lipinski definition) is 0. The fourth-order valence-electron chi connectivity index (χ4n) is 2.43. The quantitative estimate of drug-likeness (QED) is 0.576. The minimum Gasteiger partial charge on any atom is -0.266 e. The van der Waals surface area contributed by atoms with Crippen LogP contribution in [0.15, 0.2) is 35.2 Å². The second-order valence-corrected chi connectivity index (χ2v) is 7.74. The van der Waals surface area contributed by atoms with Gasteiger partial charge in [0.05, 0.1) is 10.6 Å². The number of nitrogens with zero attached hydrogens (tertiary/aromatic N) is 1. The topological polar surface area (TPSA) is 37.4 Å². The molecule has 0 saturated carbocycles. The summed E-state index contributed by atoms with van der Waals surface area (Å²) in [6, 6.07) is 9.28. The molecule has 0 aromatic heterocycles. The highest BCUT2D eigenvalue weighted by molar-refractivity contribution is 14.1. The van der Waals surface area contributed by atoms with Gasteiger partial charge >= 0.3 is 0 Å². The van der Waals surface area contributed by atoms with Crippen LogP contribution in [0.2, 0.25) is 0 Å². The van der Waals surface area contributed by atoms with Gasteiger partial charge in [0.1, 0.15) is 0 Å². The molecule has 0 amide bonds. The molecular formula is C13H11ClINO2S. The second-order valence-electron chi connectivity index (χ2n) is 4.36. The predicted octanol–water partition coefficient (Wildman–Crippen LogP) is 3.58. The van der Waals surface area contributed by atoms with Crippen LogP contribution in [0, 0.1) is 3.57 Å². The Morgan fingerprint density at radius 3 is 2.74 bits per heavy atom. The van der Waals surface area contributed by atoms with Gasteiger partial charge in [-0.05, 0) is 52.6 Å². The van der Waals surface area contributed by atoms with Crippen LogP contribution in [0.4, 0.5) is 5.69 Å². The Hall–Kier alpha value is -0.530. The van der Waals surface area contributed by atoms with E-state index in [1.807, 2.05) is 18.2 Å². The van der Waals surface area contributed by atoms with E-state index in [4.69, 9.17) is 11.6 Å². The van der Waals surface area contributed by atoms with Crippen LogP contribution in [-0.2, 0) is 10.0 Å². The second kappa shape index (κ2) is 4.79. The summed E-state index contributed by atoms with van der Waals surface area (Å²) in [5, 5.41) is 1.83. The average Bonchev–Trinajstić information content (AvgIpc) is 2.61. The fraction of sp³-hybridized carbons (Fsp3) is 0.231. The standard InChI is InChI=1S/C13H11ClINO2S/c14-7-2-8-16-11-6-5-10(15)9-3-1-4-12(13(9)11)19(16,17)18/h1,3-6H,2,7-8H2. The number of sulfonamides is 1. The van der Waals surface area contributed by atoms with Gasteiger partial charge in [0, 0.05) is 21.4 Å². The van der Waals surface area contributed by atoms with Crippen molar-refractivity contribution in [1.82, 2.24) is 0 Å². The monoisotopic (exact) mass is 407 g/mol. The van der Waals surface area contributed by atoms with Gasteiger partial charge in [0.15, 0.2) is 0 Å². The Labute approximate surface area is 130 Å². The first kappa shape index (κ1) is 13.5. The molecule has 0 saturated heterocycles. The van der Waals surface area contributed by atoms with Crippen molar-refractivity contribution < 1.29 is 8.42 Å². The molecule has 2 aromatic carbocycles. The van der Waals surface area contributed by atoms with Gasteiger partial charge in [-0.2, -0.15) is 0 Å². The van der Waals surface area contributed by atoms with Crippen LogP contribution >= 0.6 is 34.2 Å². The molecule has 0 radical (unpaired) electrons. The van der Waals surface area contributed by atoms with Gasteiger partial charge in [-0.1, -0.05) is 12.1 Å². The first-order valence-corrected chi connectivity index (χ1v) is 8.92. The molecule has 100 valence electrons. The van der Waals surface area contributed by atoms with E-state index < -0.39 is 10.0 Å². The van der Waals surface area contributed by atoms with Crippen LogP contribution in [-0.4, -0.2) is 20.8 Å². The molecule has 0 atom stereocenters. The third-order valence-corrected chi connectivity index (χ3v) is 6.32. The first-order valence-electron chi connectivity index (χ1n) is 5.87. The maximum atomic E-state index is 12.6. The van der Waals surface area contributed by atoms with E-state index in [1.165, 1.54) is 4.31 Å². The number of anilines is 1. The van der Waals surface area contributed by atoms with E-state index in [1.54, 1.807) is 12.1 Å². The van der Waals surface area contributed by atoms with Crippen molar-refractivity contribution in [3.05, 3.63) is 33.9 Å². The van der Waals surface area contributed by atoms with E-state index in [0.29, 0.717) is 23.7 Å². The molecular weight excluding hydrogens is 397 g/mol. The minimum atomic E-state index is -3.42. The summed E-state index contributed by atoms with van der Waals surface area (Å²) >= 11 is 7.92. The molecule has 19 heavy (non-hydrogen) atoms. The zero-order chi connectivity index (χ0) is 13.6. The Morgan fingerprint density at radius 2 is 2.00 bits per heavy atom. The molecule has 3 rings (SSSR count). The van der Waals surface area contributed by atoms with E-state index in [-0.39, 0.29) is 0 Å². The van der Waals surface area contributed by atoms with Gasteiger partial charge in [-0.25, -0.2) is 8.42 Å². The number of benzene rings is 2. The lowest BCUT2D eigenvalue weighted by molar-refractivity contribution is 0.593.